The molecule has 2 amide bonds. The van der Waals surface area contributed by atoms with Crippen LogP contribution in [0.2, 0.25) is 0 Å². The number of benzene rings is 2. The van der Waals surface area contributed by atoms with Gasteiger partial charge in [-0.1, -0.05) is 52.0 Å². The minimum Gasteiger partial charge on any atom is -0.494 e. The Bertz CT molecular complexity index is 853. The predicted molar refractivity (Wildman–Crippen MR) is 115 cm³/mol. The van der Waals surface area contributed by atoms with Crippen LogP contribution < -0.4 is 15.4 Å². The third kappa shape index (κ3) is 5.98. The lowest BCUT2D eigenvalue weighted by atomic mass is 10.0. The van der Waals surface area contributed by atoms with Gasteiger partial charge in [0.2, 0.25) is 11.8 Å². The molecule has 0 aromatic heterocycles. The number of carbonyl (C=O) groups is 2. The summed E-state index contributed by atoms with van der Waals surface area (Å²) in [5.41, 5.74) is 3.38. The largest absolute Gasteiger partial charge is 0.494 e. The molecule has 5 heteroatoms. The summed E-state index contributed by atoms with van der Waals surface area (Å²) in [4.78, 5) is 24.1. The lowest BCUT2D eigenvalue weighted by Crippen LogP contribution is -2.18. The zero-order valence-corrected chi connectivity index (χ0v) is 17.1. The van der Waals surface area contributed by atoms with Gasteiger partial charge in [-0.05, 0) is 35.3 Å². The Labute approximate surface area is 166 Å². The highest BCUT2D eigenvalue weighted by molar-refractivity contribution is 6.02. The van der Waals surface area contributed by atoms with E-state index >= 15 is 0 Å². The van der Waals surface area contributed by atoms with Gasteiger partial charge < -0.3 is 15.4 Å². The second kappa shape index (κ2) is 9.74. The zero-order valence-electron chi connectivity index (χ0n) is 17.1. The lowest BCUT2D eigenvalue weighted by molar-refractivity contribution is -0.119. The summed E-state index contributed by atoms with van der Waals surface area (Å²) in [5.74, 6) is 0.490. The van der Waals surface area contributed by atoms with E-state index in [1.165, 1.54) is 18.7 Å². The Kier molecular flexibility index (Phi) is 7.38. The molecule has 0 saturated carbocycles. The maximum atomic E-state index is 12.2. The number of rotatable bonds is 7. The molecule has 2 rings (SSSR count). The summed E-state index contributed by atoms with van der Waals surface area (Å²) >= 11 is 0. The molecule has 28 heavy (non-hydrogen) atoms. The molecule has 0 aliphatic heterocycles. The van der Waals surface area contributed by atoms with Crippen molar-refractivity contribution in [1.29, 1.82) is 0 Å². The van der Waals surface area contributed by atoms with Gasteiger partial charge in [0.05, 0.1) is 12.8 Å². The van der Waals surface area contributed by atoms with Crippen LogP contribution in [0.25, 0.3) is 6.08 Å². The smallest absolute Gasteiger partial charge is 0.248 e. The third-order valence-corrected chi connectivity index (χ3v) is 4.28. The summed E-state index contributed by atoms with van der Waals surface area (Å²) < 4.78 is 5.32. The van der Waals surface area contributed by atoms with Gasteiger partial charge in [0.15, 0.2) is 0 Å². The molecular formula is C23H28N2O3. The number of anilines is 2. The number of ether oxygens (including phenoxy) is 1. The third-order valence-electron chi connectivity index (χ3n) is 4.28. The van der Waals surface area contributed by atoms with Gasteiger partial charge in [-0.2, -0.15) is 0 Å². The van der Waals surface area contributed by atoms with E-state index < -0.39 is 0 Å². The Balaban J connectivity index is 2.03. The average Bonchev–Trinajstić information content (AvgIpc) is 2.67. The second-order valence-corrected chi connectivity index (χ2v) is 7.20. The monoisotopic (exact) mass is 380 g/mol. The highest BCUT2D eigenvalue weighted by atomic mass is 16.5. The minimum atomic E-state index is -0.242. The van der Waals surface area contributed by atoms with E-state index in [9.17, 15) is 9.59 Å². The Hall–Kier alpha value is -3.08. The number of carbonyl (C=O) groups excluding carboxylic acids is 2. The summed E-state index contributed by atoms with van der Waals surface area (Å²) in [7, 11) is 1.52. The number of amides is 2. The van der Waals surface area contributed by atoms with Crippen LogP contribution in [-0.2, 0) is 9.59 Å². The van der Waals surface area contributed by atoms with Gasteiger partial charge in [-0.15, -0.1) is 0 Å². The van der Waals surface area contributed by atoms with E-state index in [4.69, 9.17) is 4.74 Å². The Morgan fingerprint density at radius 2 is 1.64 bits per heavy atom. The number of nitrogens with one attached hydrogen (secondary N) is 2. The maximum Gasteiger partial charge on any atom is 0.248 e. The highest BCUT2D eigenvalue weighted by Gasteiger charge is 2.11. The van der Waals surface area contributed by atoms with Gasteiger partial charge in [0.1, 0.15) is 5.75 Å². The van der Waals surface area contributed by atoms with Crippen molar-refractivity contribution in [3.05, 3.63) is 59.7 Å². The molecule has 0 radical (unpaired) electrons. The quantitative estimate of drug-likeness (QED) is 0.659. The fraction of sp³-hybridized carbons (Fsp3) is 0.304. The summed E-state index contributed by atoms with van der Waals surface area (Å²) in [6.07, 6.45) is 3.26. The second-order valence-electron chi connectivity index (χ2n) is 7.20. The van der Waals surface area contributed by atoms with E-state index in [1.807, 2.05) is 26.0 Å². The van der Waals surface area contributed by atoms with E-state index in [1.54, 1.807) is 24.3 Å². The number of hydrogen-bond donors (Lipinski definition) is 2. The molecule has 2 aromatic rings. The van der Waals surface area contributed by atoms with Crippen molar-refractivity contribution in [2.45, 2.75) is 33.6 Å². The van der Waals surface area contributed by atoms with Crippen molar-refractivity contribution in [2.24, 2.45) is 5.92 Å². The molecule has 0 atom stereocenters. The van der Waals surface area contributed by atoms with E-state index in [-0.39, 0.29) is 17.7 Å². The van der Waals surface area contributed by atoms with Crippen molar-refractivity contribution < 1.29 is 14.3 Å². The van der Waals surface area contributed by atoms with Crippen LogP contribution in [0.15, 0.2) is 48.5 Å². The van der Waals surface area contributed by atoms with Gasteiger partial charge in [-0.25, -0.2) is 0 Å². The first-order valence-corrected chi connectivity index (χ1v) is 9.38. The predicted octanol–water partition coefficient (Wildman–Crippen LogP) is 5.07. The maximum absolute atomic E-state index is 12.2. The fourth-order valence-electron chi connectivity index (χ4n) is 2.50. The molecule has 0 unspecified atom stereocenters. The summed E-state index contributed by atoms with van der Waals surface area (Å²) in [6.45, 7) is 7.93. The molecule has 0 fully saturated rings. The van der Waals surface area contributed by atoms with Gasteiger partial charge in [-0.3, -0.25) is 9.59 Å². The molecule has 0 aliphatic rings. The van der Waals surface area contributed by atoms with Crippen molar-refractivity contribution >= 4 is 29.3 Å². The van der Waals surface area contributed by atoms with Crippen LogP contribution in [0.3, 0.4) is 0 Å². The molecule has 0 spiro atoms. The van der Waals surface area contributed by atoms with Crippen LogP contribution in [0.4, 0.5) is 11.4 Å². The van der Waals surface area contributed by atoms with E-state index in [0.717, 1.165) is 5.56 Å². The molecule has 0 heterocycles. The molecule has 0 saturated heterocycles. The van der Waals surface area contributed by atoms with Gasteiger partial charge in [0, 0.05) is 23.7 Å². The lowest BCUT2D eigenvalue weighted by Gasteiger charge is -2.13. The van der Waals surface area contributed by atoms with Crippen LogP contribution in [0.1, 0.15) is 44.7 Å². The van der Waals surface area contributed by atoms with Crippen molar-refractivity contribution in [3.8, 4) is 5.75 Å². The van der Waals surface area contributed by atoms with E-state index in [2.05, 4.69) is 36.6 Å². The SMILES string of the molecule is COc1cc(NC(=O)C=Cc2ccc(C(C)C)cc2)ccc1NC(=O)C(C)C. The van der Waals surface area contributed by atoms with Crippen LogP contribution in [0.5, 0.6) is 5.75 Å². The van der Waals surface area contributed by atoms with Crippen molar-refractivity contribution in [2.75, 3.05) is 17.7 Å². The Morgan fingerprint density at radius 1 is 0.964 bits per heavy atom. The molecule has 2 N–H and O–H groups in total. The number of hydrogen-bond acceptors (Lipinski definition) is 3. The van der Waals surface area contributed by atoms with Crippen LogP contribution in [-0.4, -0.2) is 18.9 Å². The minimum absolute atomic E-state index is 0.0958. The van der Waals surface area contributed by atoms with Gasteiger partial charge >= 0.3 is 0 Å². The fourth-order valence-corrected chi connectivity index (χ4v) is 2.50. The topological polar surface area (TPSA) is 67.4 Å². The molecular weight excluding hydrogens is 352 g/mol. The molecule has 148 valence electrons. The summed E-state index contributed by atoms with van der Waals surface area (Å²) in [5, 5.41) is 5.61. The average molecular weight is 380 g/mol. The molecule has 0 bridgehead atoms. The molecule has 2 aromatic carbocycles. The van der Waals surface area contributed by atoms with E-state index in [0.29, 0.717) is 23.0 Å². The first kappa shape index (κ1) is 21.2. The number of methoxy groups -OCH3 is 1. The normalized spacial score (nSPS) is 11.1. The van der Waals surface area contributed by atoms with Gasteiger partial charge in [0.25, 0.3) is 0 Å². The zero-order chi connectivity index (χ0) is 20.7. The highest BCUT2D eigenvalue weighted by Crippen LogP contribution is 2.28. The van der Waals surface area contributed by atoms with Crippen LogP contribution >= 0.6 is 0 Å². The van der Waals surface area contributed by atoms with Crippen molar-refractivity contribution in [1.82, 2.24) is 0 Å². The first-order valence-electron chi connectivity index (χ1n) is 9.38. The Morgan fingerprint density at radius 3 is 2.21 bits per heavy atom. The summed E-state index contributed by atoms with van der Waals surface area (Å²) in [6, 6.07) is 13.2. The molecule has 0 aliphatic carbocycles. The van der Waals surface area contributed by atoms with Crippen molar-refractivity contribution in [3.63, 3.8) is 0 Å². The first-order chi connectivity index (χ1) is 13.3. The van der Waals surface area contributed by atoms with Crippen LogP contribution in [0, 0.1) is 5.92 Å². The molecule has 5 nitrogen and oxygen atoms in total. The standard InChI is InChI=1S/C23H28N2O3/c1-15(2)18-9-6-17(7-10-18)8-13-22(26)24-19-11-12-20(21(14-19)28-5)25-23(27)16(3)4/h6-16H,1-5H3,(H,24,26)(H,25,27).